The van der Waals surface area contributed by atoms with Gasteiger partial charge in [-0.3, -0.25) is 9.79 Å². The Morgan fingerprint density at radius 2 is 1.68 bits per heavy atom. The molecular formula is C21H17NO3. The van der Waals surface area contributed by atoms with E-state index < -0.39 is 0 Å². The summed E-state index contributed by atoms with van der Waals surface area (Å²) >= 11 is 0. The highest BCUT2D eigenvalue weighted by Gasteiger charge is 2.12. The second-order valence-corrected chi connectivity index (χ2v) is 5.37. The molecule has 3 rings (SSSR count). The van der Waals surface area contributed by atoms with Gasteiger partial charge in [0.15, 0.2) is 17.3 Å². The first-order valence-electron chi connectivity index (χ1n) is 7.79. The van der Waals surface area contributed by atoms with Crippen LogP contribution in [-0.4, -0.2) is 24.2 Å². The number of benzene rings is 3. The molecule has 3 aromatic rings. The quantitative estimate of drug-likeness (QED) is 0.557. The van der Waals surface area contributed by atoms with E-state index in [1.165, 1.54) is 13.3 Å². The van der Waals surface area contributed by atoms with Crippen molar-refractivity contribution in [3.05, 3.63) is 89.5 Å². The van der Waals surface area contributed by atoms with Gasteiger partial charge in [-0.15, -0.1) is 0 Å². The van der Waals surface area contributed by atoms with Gasteiger partial charge in [0.25, 0.3) is 0 Å². The van der Waals surface area contributed by atoms with Crippen LogP contribution in [0.1, 0.15) is 21.5 Å². The SMILES string of the molecule is COc1cccc(C=Nc2ccccc2C(=O)c2ccccc2)c1O. The van der Waals surface area contributed by atoms with Crippen molar-refractivity contribution in [1.29, 1.82) is 0 Å². The van der Waals surface area contributed by atoms with Crippen LogP contribution in [0.15, 0.2) is 77.8 Å². The van der Waals surface area contributed by atoms with Gasteiger partial charge in [0, 0.05) is 22.9 Å². The number of aliphatic imine (C=N–C) groups is 1. The highest BCUT2D eigenvalue weighted by molar-refractivity contribution is 6.12. The van der Waals surface area contributed by atoms with E-state index in [0.29, 0.717) is 28.1 Å². The number of hydrogen-bond donors (Lipinski definition) is 1. The Morgan fingerprint density at radius 1 is 0.960 bits per heavy atom. The average molecular weight is 331 g/mol. The molecule has 0 saturated heterocycles. The monoisotopic (exact) mass is 331 g/mol. The number of methoxy groups -OCH3 is 1. The number of phenols is 1. The molecule has 0 spiro atoms. The van der Waals surface area contributed by atoms with Crippen LogP contribution < -0.4 is 4.74 Å². The van der Waals surface area contributed by atoms with Gasteiger partial charge in [0.2, 0.25) is 0 Å². The molecule has 4 heteroatoms. The van der Waals surface area contributed by atoms with Gasteiger partial charge in [-0.2, -0.15) is 0 Å². The number of hydrogen-bond acceptors (Lipinski definition) is 4. The maximum absolute atomic E-state index is 12.7. The molecule has 0 bridgehead atoms. The molecule has 25 heavy (non-hydrogen) atoms. The van der Waals surface area contributed by atoms with Crippen LogP contribution >= 0.6 is 0 Å². The summed E-state index contributed by atoms with van der Waals surface area (Å²) in [6.45, 7) is 0. The summed E-state index contributed by atoms with van der Waals surface area (Å²) in [7, 11) is 1.49. The highest BCUT2D eigenvalue weighted by atomic mass is 16.5. The van der Waals surface area contributed by atoms with E-state index in [4.69, 9.17) is 4.74 Å². The lowest BCUT2D eigenvalue weighted by Gasteiger charge is -2.06. The Morgan fingerprint density at radius 3 is 2.44 bits per heavy atom. The lowest BCUT2D eigenvalue weighted by atomic mass is 10.0. The van der Waals surface area contributed by atoms with E-state index in [1.807, 2.05) is 24.3 Å². The standard InChI is InChI=1S/C21H17NO3/c1-25-19-13-7-10-16(21(19)24)14-22-18-12-6-5-11-17(18)20(23)15-8-3-2-4-9-15/h2-14,24H,1H3. The van der Waals surface area contributed by atoms with E-state index in [9.17, 15) is 9.90 Å². The number of ketones is 1. The molecule has 0 atom stereocenters. The third-order valence-corrected chi connectivity index (χ3v) is 3.78. The van der Waals surface area contributed by atoms with Crippen molar-refractivity contribution in [3.63, 3.8) is 0 Å². The first-order chi connectivity index (χ1) is 12.2. The lowest BCUT2D eigenvalue weighted by molar-refractivity contribution is 0.103. The predicted molar refractivity (Wildman–Crippen MR) is 98.2 cm³/mol. The zero-order chi connectivity index (χ0) is 17.6. The molecule has 0 fully saturated rings. The van der Waals surface area contributed by atoms with Gasteiger partial charge in [-0.1, -0.05) is 48.5 Å². The summed E-state index contributed by atoms with van der Waals surface area (Å²) in [5.74, 6) is 0.293. The van der Waals surface area contributed by atoms with Crippen molar-refractivity contribution in [1.82, 2.24) is 0 Å². The molecule has 0 radical (unpaired) electrons. The first-order valence-corrected chi connectivity index (χ1v) is 7.79. The van der Waals surface area contributed by atoms with E-state index in [0.717, 1.165) is 0 Å². The minimum Gasteiger partial charge on any atom is -0.504 e. The third kappa shape index (κ3) is 3.58. The first kappa shape index (κ1) is 16.5. The molecule has 0 aliphatic rings. The van der Waals surface area contributed by atoms with Crippen molar-refractivity contribution in [2.24, 2.45) is 4.99 Å². The molecule has 3 aromatic carbocycles. The molecular weight excluding hydrogens is 314 g/mol. The smallest absolute Gasteiger partial charge is 0.195 e. The van der Waals surface area contributed by atoms with Gasteiger partial charge < -0.3 is 9.84 Å². The number of aromatic hydroxyl groups is 1. The molecule has 0 saturated carbocycles. The number of carbonyl (C=O) groups is 1. The number of nitrogens with zero attached hydrogens (tertiary/aromatic N) is 1. The van der Waals surface area contributed by atoms with Gasteiger partial charge in [-0.25, -0.2) is 0 Å². The Bertz CT molecular complexity index is 917. The van der Waals surface area contributed by atoms with E-state index in [2.05, 4.69) is 4.99 Å². The predicted octanol–water partition coefficient (Wildman–Crippen LogP) is 4.38. The maximum atomic E-state index is 12.7. The topological polar surface area (TPSA) is 58.9 Å². The fourth-order valence-electron chi connectivity index (χ4n) is 2.47. The molecule has 0 aliphatic carbocycles. The Kier molecular flexibility index (Phi) is 4.90. The number of para-hydroxylation sites is 2. The fraction of sp³-hybridized carbons (Fsp3) is 0.0476. The van der Waals surface area contributed by atoms with E-state index in [-0.39, 0.29) is 11.5 Å². The van der Waals surface area contributed by atoms with Gasteiger partial charge in [-0.05, 0) is 24.3 Å². The maximum Gasteiger partial charge on any atom is 0.195 e. The van der Waals surface area contributed by atoms with Crippen molar-refractivity contribution in [3.8, 4) is 11.5 Å². The van der Waals surface area contributed by atoms with Crippen molar-refractivity contribution < 1.29 is 14.6 Å². The summed E-state index contributed by atoms with van der Waals surface area (Å²) in [6.07, 6.45) is 1.52. The number of carbonyl (C=O) groups excluding carboxylic acids is 1. The van der Waals surface area contributed by atoms with Crippen LogP contribution in [0.5, 0.6) is 11.5 Å². The van der Waals surface area contributed by atoms with Crippen LogP contribution in [0.25, 0.3) is 0 Å². The molecule has 0 amide bonds. The van der Waals surface area contributed by atoms with Gasteiger partial charge in [0.1, 0.15) is 0 Å². The zero-order valence-electron chi connectivity index (χ0n) is 13.7. The van der Waals surface area contributed by atoms with Gasteiger partial charge >= 0.3 is 0 Å². The van der Waals surface area contributed by atoms with Crippen LogP contribution in [0.4, 0.5) is 5.69 Å². The second-order valence-electron chi connectivity index (χ2n) is 5.37. The van der Waals surface area contributed by atoms with Crippen molar-refractivity contribution in [2.75, 3.05) is 7.11 Å². The average Bonchev–Trinajstić information content (AvgIpc) is 2.67. The van der Waals surface area contributed by atoms with E-state index >= 15 is 0 Å². The van der Waals surface area contributed by atoms with Crippen LogP contribution in [-0.2, 0) is 0 Å². The molecule has 0 aliphatic heterocycles. The number of ether oxygens (including phenoxy) is 1. The molecule has 1 N–H and O–H groups in total. The Balaban J connectivity index is 1.96. The summed E-state index contributed by atoms with van der Waals surface area (Å²) in [5, 5.41) is 10.1. The van der Waals surface area contributed by atoms with Crippen LogP contribution in [0.2, 0.25) is 0 Å². The fourth-order valence-corrected chi connectivity index (χ4v) is 2.47. The molecule has 0 aromatic heterocycles. The van der Waals surface area contributed by atoms with E-state index in [1.54, 1.807) is 48.5 Å². The minimum atomic E-state index is -0.0942. The summed E-state index contributed by atoms with van der Waals surface area (Å²) in [5.41, 5.74) is 2.17. The zero-order valence-corrected chi connectivity index (χ0v) is 13.7. The summed E-state index contributed by atoms with van der Waals surface area (Å²) < 4.78 is 5.09. The number of rotatable bonds is 5. The third-order valence-electron chi connectivity index (χ3n) is 3.78. The molecule has 4 nitrogen and oxygen atoms in total. The summed E-state index contributed by atoms with van der Waals surface area (Å²) in [4.78, 5) is 17.1. The molecule has 0 heterocycles. The normalized spacial score (nSPS) is 10.8. The second kappa shape index (κ2) is 7.45. The van der Waals surface area contributed by atoms with Crippen molar-refractivity contribution in [2.45, 2.75) is 0 Å². The molecule has 124 valence electrons. The van der Waals surface area contributed by atoms with Crippen LogP contribution in [0, 0.1) is 0 Å². The Labute approximate surface area is 146 Å². The number of phenolic OH excluding ortho intramolecular Hbond substituents is 1. The highest BCUT2D eigenvalue weighted by Crippen LogP contribution is 2.29. The Hall–Kier alpha value is -3.40. The van der Waals surface area contributed by atoms with Crippen molar-refractivity contribution >= 4 is 17.7 Å². The van der Waals surface area contributed by atoms with Gasteiger partial charge in [0.05, 0.1) is 12.8 Å². The van der Waals surface area contributed by atoms with Crippen LogP contribution in [0.3, 0.4) is 0 Å². The molecule has 0 unspecified atom stereocenters. The largest absolute Gasteiger partial charge is 0.504 e. The lowest BCUT2D eigenvalue weighted by Crippen LogP contribution is -2.01. The minimum absolute atomic E-state index is 0.0145. The summed E-state index contributed by atoms with van der Waals surface area (Å²) in [6, 6.07) is 21.4.